The zero-order valence-corrected chi connectivity index (χ0v) is 18.7. The predicted octanol–water partition coefficient (Wildman–Crippen LogP) is 2.32. The Morgan fingerprint density at radius 3 is 2.52 bits per heavy atom. The minimum atomic E-state index is -1.05. The van der Waals surface area contributed by atoms with E-state index in [1.54, 1.807) is 30.2 Å². The summed E-state index contributed by atoms with van der Waals surface area (Å²) in [6, 6.07) is 4.55. The van der Waals surface area contributed by atoms with Gasteiger partial charge in [-0.25, -0.2) is 4.79 Å². The van der Waals surface area contributed by atoms with Crippen molar-refractivity contribution in [2.75, 3.05) is 47.1 Å². The second-order valence-electron chi connectivity index (χ2n) is 7.99. The largest absolute Gasteiger partial charge is 0.493 e. The van der Waals surface area contributed by atoms with Crippen LogP contribution in [0.2, 0.25) is 0 Å². The summed E-state index contributed by atoms with van der Waals surface area (Å²) in [6.45, 7) is 5.15. The molecule has 0 spiro atoms. The lowest BCUT2D eigenvalue weighted by atomic mass is 9.92. The van der Waals surface area contributed by atoms with E-state index in [9.17, 15) is 19.8 Å². The Morgan fingerprint density at radius 2 is 1.94 bits per heavy atom. The number of aliphatic hydroxyl groups is 1. The zero-order valence-electron chi connectivity index (χ0n) is 18.7. The van der Waals surface area contributed by atoms with E-state index in [0.29, 0.717) is 43.1 Å². The van der Waals surface area contributed by atoms with Crippen LogP contribution in [0.4, 0.5) is 4.79 Å². The first kappa shape index (κ1) is 24.7. The summed E-state index contributed by atoms with van der Waals surface area (Å²) in [4.78, 5) is 28.0. The Kier molecular flexibility index (Phi) is 9.39. The van der Waals surface area contributed by atoms with Crippen molar-refractivity contribution in [1.29, 1.82) is 0 Å². The van der Waals surface area contributed by atoms with Crippen LogP contribution >= 0.6 is 0 Å². The maximum Gasteiger partial charge on any atom is 0.407 e. The normalized spacial score (nSPS) is 18.7. The van der Waals surface area contributed by atoms with Gasteiger partial charge in [-0.2, -0.15) is 0 Å². The first-order chi connectivity index (χ1) is 14.8. The Balaban J connectivity index is 2.26. The number of aliphatic hydroxyl groups excluding tert-OH is 1. The molecule has 0 radical (unpaired) electrons. The summed E-state index contributed by atoms with van der Waals surface area (Å²) < 4.78 is 16.2. The highest BCUT2D eigenvalue weighted by atomic mass is 16.5. The van der Waals surface area contributed by atoms with E-state index in [0.717, 1.165) is 0 Å². The van der Waals surface area contributed by atoms with Crippen molar-refractivity contribution in [2.45, 2.75) is 38.8 Å². The molecule has 1 aromatic carbocycles. The molecule has 9 heteroatoms. The molecule has 1 saturated heterocycles. The maximum atomic E-state index is 13.5. The zero-order chi connectivity index (χ0) is 23.0. The SMILES string of the molecule is COCCCOc1cc(C(=O)N(C(C)C)[C@@H]2C[C@H](CO)CN(C(=O)O)C2)ccc1OC. The van der Waals surface area contributed by atoms with Crippen LogP contribution in [-0.2, 0) is 4.74 Å². The van der Waals surface area contributed by atoms with Crippen molar-refractivity contribution < 1.29 is 34.0 Å². The number of piperidine rings is 1. The van der Waals surface area contributed by atoms with Crippen LogP contribution < -0.4 is 9.47 Å². The topological polar surface area (TPSA) is 109 Å². The Labute approximate surface area is 183 Å². The molecule has 2 rings (SSSR count). The molecular weight excluding hydrogens is 404 g/mol. The number of methoxy groups -OCH3 is 2. The molecule has 0 aromatic heterocycles. The van der Waals surface area contributed by atoms with Crippen LogP contribution in [0.5, 0.6) is 11.5 Å². The van der Waals surface area contributed by atoms with Crippen molar-refractivity contribution in [3.05, 3.63) is 23.8 Å². The van der Waals surface area contributed by atoms with Gasteiger partial charge >= 0.3 is 6.09 Å². The van der Waals surface area contributed by atoms with Crippen molar-refractivity contribution in [3.8, 4) is 11.5 Å². The summed E-state index contributed by atoms with van der Waals surface area (Å²) in [7, 11) is 3.16. The lowest BCUT2D eigenvalue weighted by Crippen LogP contribution is -2.56. The van der Waals surface area contributed by atoms with Gasteiger partial charge in [0.05, 0.1) is 19.8 Å². The molecule has 2 amide bonds. The number of nitrogens with zero attached hydrogens (tertiary/aromatic N) is 2. The minimum Gasteiger partial charge on any atom is -0.493 e. The van der Waals surface area contributed by atoms with Crippen LogP contribution in [-0.4, -0.2) is 91.2 Å². The number of ether oxygens (including phenoxy) is 3. The average molecular weight is 439 g/mol. The van der Waals surface area contributed by atoms with Crippen molar-refractivity contribution >= 4 is 12.0 Å². The first-order valence-corrected chi connectivity index (χ1v) is 10.5. The van der Waals surface area contributed by atoms with E-state index in [-0.39, 0.29) is 43.6 Å². The van der Waals surface area contributed by atoms with Gasteiger partial charge in [-0.15, -0.1) is 0 Å². The smallest absolute Gasteiger partial charge is 0.407 e. The van der Waals surface area contributed by atoms with E-state index < -0.39 is 6.09 Å². The van der Waals surface area contributed by atoms with Gasteiger partial charge in [-0.05, 0) is 38.5 Å². The van der Waals surface area contributed by atoms with Crippen LogP contribution in [0.1, 0.15) is 37.0 Å². The number of hydrogen-bond donors (Lipinski definition) is 2. The van der Waals surface area contributed by atoms with E-state index in [4.69, 9.17) is 14.2 Å². The fourth-order valence-electron chi connectivity index (χ4n) is 3.94. The predicted molar refractivity (Wildman–Crippen MR) is 115 cm³/mol. The third-order valence-electron chi connectivity index (χ3n) is 5.39. The van der Waals surface area contributed by atoms with Gasteiger partial charge in [0.25, 0.3) is 5.91 Å². The van der Waals surface area contributed by atoms with E-state index in [2.05, 4.69) is 0 Å². The van der Waals surface area contributed by atoms with Crippen LogP contribution in [0.3, 0.4) is 0 Å². The third-order valence-corrected chi connectivity index (χ3v) is 5.39. The number of likely N-dealkylation sites (tertiary alicyclic amines) is 1. The van der Waals surface area contributed by atoms with Gasteiger partial charge in [0.1, 0.15) is 0 Å². The molecule has 1 fully saturated rings. The van der Waals surface area contributed by atoms with Crippen LogP contribution in [0, 0.1) is 5.92 Å². The van der Waals surface area contributed by atoms with Gasteiger partial charge in [0.15, 0.2) is 11.5 Å². The molecule has 0 unspecified atom stereocenters. The second-order valence-corrected chi connectivity index (χ2v) is 7.99. The number of benzene rings is 1. The summed E-state index contributed by atoms with van der Waals surface area (Å²) in [5.74, 6) is 0.574. The number of carboxylic acid groups (broad SMARTS) is 1. The highest BCUT2D eigenvalue weighted by molar-refractivity contribution is 5.95. The third kappa shape index (κ3) is 6.48. The van der Waals surface area contributed by atoms with Gasteiger partial charge in [-0.3, -0.25) is 4.79 Å². The number of amides is 2. The average Bonchev–Trinajstić information content (AvgIpc) is 2.76. The number of hydrogen-bond acceptors (Lipinski definition) is 6. The van der Waals surface area contributed by atoms with Crippen LogP contribution in [0.25, 0.3) is 0 Å². The summed E-state index contributed by atoms with van der Waals surface area (Å²) in [6.07, 6.45) is 0.197. The standard InChI is InChI=1S/C22H34N2O7/c1-15(2)24(18-10-16(14-25)12-23(13-18)22(27)28)21(26)17-6-7-19(30-4)20(11-17)31-9-5-8-29-3/h6-7,11,15-16,18,25H,5,8-10,12-14H2,1-4H3,(H,27,28)/t16-,18+/m0/s1. The summed E-state index contributed by atoms with van der Waals surface area (Å²) in [5.41, 5.74) is 0.434. The van der Waals surface area contributed by atoms with Gasteiger partial charge in [-0.1, -0.05) is 0 Å². The lowest BCUT2D eigenvalue weighted by molar-refractivity contribution is 0.0266. The molecule has 1 aliphatic heterocycles. The highest BCUT2D eigenvalue weighted by Crippen LogP contribution is 2.30. The Morgan fingerprint density at radius 1 is 1.19 bits per heavy atom. The highest BCUT2D eigenvalue weighted by Gasteiger charge is 2.36. The Bertz CT molecular complexity index is 741. The van der Waals surface area contributed by atoms with E-state index >= 15 is 0 Å². The maximum absolute atomic E-state index is 13.5. The molecule has 0 saturated carbocycles. The first-order valence-electron chi connectivity index (χ1n) is 10.5. The van der Waals surface area contributed by atoms with Crippen molar-refractivity contribution in [3.63, 3.8) is 0 Å². The number of carbonyl (C=O) groups is 2. The molecule has 0 aliphatic carbocycles. The molecule has 0 bridgehead atoms. The molecule has 2 N–H and O–H groups in total. The van der Waals surface area contributed by atoms with E-state index in [1.165, 1.54) is 12.0 Å². The van der Waals surface area contributed by atoms with Gasteiger partial charge in [0.2, 0.25) is 0 Å². The van der Waals surface area contributed by atoms with Crippen molar-refractivity contribution in [2.24, 2.45) is 5.92 Å². The summed E-state index contributed by atoms with van der Waals surface area (Å²) >= 11 is 0. The molecule has 1 aromatic rings. The molecule has 174 valence electrons. The molecular formula is C22H34N2O7. The summed E-state index contributed by atoms with van der Waals surface area (Å²) in [5, 5.41) is 19.1. The molecule has 2 atom stereocenters. The quantitative estimate of drug-likeness (QED) is 0.540. The lowest BCUT2D eigenvalue weighted by Gasteiger charge is -2.43. The molecule has 1 heterocycles. The van der Waals surface area contributed by atoms with Gasteiger partial charge in [0, 0.05) is 57.4 Å². The van der Waals surface area contributed by atoms with E-state index in [1.807, 2.05) is 13.8 Å². The fraction of sp³-hybridized carbons (Fsp3) is 0.636. The Hall–Kier alpha value is -2.52. The monoisotopic (exact) mass is 438 g/mol. The fourth-order valence-corrected chi connectivity index (χ4v) is 3.94. The number of carbonyl (C=O) groups excluding carboxylic acids is 1. The van der Waals surface area contributed by atoms with Crippen molar-refractivity contribution in [1.82, 2.24) is 9.80 Å². The molecule has 31 heavy (non-hydrogen) atoms. The van der Waals surface area contributed by atoms with Gasteiger partial charge < -0.3 is 34.2 Å². The minimum absolute atomic E-state index is 0.123. The number of rotatable bonds is 10. The molecule has 9 nitrogen and oxygen atoms in total. The second kappa shape index (κ2) is 11.8. The van der Waals surface area contributed by atoms with Crippen LogP contribution in [0.15, 0.2) is 18.2 Å². The molecule has 1 aliphatic rings.